The Hall–Kier alpha value is -1.35. The summed E-state index contributed by atoms with van der Waals surface area (Å²) in [5.41, 5.74) is 3.72. The Balaban J connectivity index is 1.62. The summed E-state index contributed by atoms with van der Waals surface area (Å²) in [7, 11) is 0. The quantitative estimate of drug-likeness (QED) is 0.866. The molecule has 3 nitrogen and oxygen atoms in total. The van der Waals surface area contributed by atoms with Crippen LogP contribution in [0.3, 0.4) is 0 Å². The van der Waals surface area contributed by atoms with Crippen molar-refractivity contribution in [2.24, 2.45) is 5.41 Å². The fraction of sp³-hybridized carbons (Fsp3) is 0.588. The van der Waals surface area contributed by atoms with E-state index in [9.17, 15) is 4.79 Å². The first-order valence-electron chi connectivity index (χ1n) is 7.73. The Kier molecular flexibility index (Phi) is 3.79. The molecular weight excluding hydrogens is 250 g/mol. The van der Waals surface area contributed by atoms with Crippen molar-refractivity contribution in [1.29, 1.82) is 0 Å². The molecule has 1 fully saturated rings. The number of hydrogen-bond acceptors (Lipinski definition) is 2. The van der Waals surface area contributed by atoms with Gasteiger partial charge < -0.3 is 10.4 Å². The molecule has 1 saturated carbocycles. The van der Waals surface area contributed by atoms with Gasteiger partial charge in [-0.25, -0.2) is 0 Å². The molecule has 0 atom stereocenters. The number of rotatable bonds is 5. The molecule has 0 radical (unpaired) electrons. The summed E-state index contributed by atoms with van der Waals surface area (Å²) in [4.78, 5) is 12.2. The van der Waals surface area contributed by atoms with Crippen molar-refractivity contribution in [2.45, 2.75) is 44.9 Å². The first kappa shape index (κ1) is 13.6. The van der Waals surface area contributed by atoms with Gasteiger partial charge in [-0.3, -0.25) is 4.79 Å². The average Bonchev–Trinajstić information content (AvgIpc) is 3.25. The van der Waals surface area contributed by atoms with E-state index in [4.69, 9.17) is 5.11 Å². The number of fused-ring (bicyclic) bond motifs is 1. The molecule has 0 spiro atoms. The van der Waals surface area contributed by atoms with Crippen LogP contribution < -0.4 is 5.32 Å². The molecule has 20 heavy (non-hydrogen) atoms. The second-order valence-corrected chi connectivity index (χ2v) is 6.35. The number of carbonyl (C=O) groups is 1. The Bertz CT molecular complexity index is 506. The van der Waals surface area contributed by atoms with Gasteiger partial charge in [0.25, 0.3) is 5.91 Å². The van der Waals surface area contributed by atoms with Gasteiger partial charge in [0.15, 0.2) is 0 Å². The van der Waals surface area contributed by atoms with E-state index in [0.717, 1.165) is 37.7 Å². The highest BCUT2D eigenvalue weighted by molar-refractivity contribution is 5.94. The Morgan fingerprint density at radius 3 is 2.65 bits per heavy atom. The second-order valence-electron chi connectivity index (χ2n) is 6.35. The number of carbonyl (C=O) groups excluding carboxylic acids is 1. The maximum absolute atomic E-state index is 12.2. The highest BCUT2D eigenvalue weighted by Crippen LogP contribution is 2.47. The predicted molar refractivity (Wildman–Crippen MR) is 78.8 cm³/mol. The van der Waals surface area contributed by atoms with Gasteiger partial charge in [0.1, 0.15) is 0 Å². The molecule has 3 rings (SSSR count). The predicted octanol–water partition coefficient (Wildman–Crippen LogP) is 2.46. The van der Waals surface area contributed by atoms with Gasteiger partial charge in [0, 0.05) is 18.7 Å². The molecule has 108 valence electrons. The van der Waals surface area contributed by atoms with E-state index in [1.54, 1.807) is 0 Å². The van der Waals surface area contributed by atoms with Crippen LogP contribution in [0.1, 0.15) is 53.6 Å². The van der Waals surface area contributed by atoms with Crippen LogP contribution in [0, 0.1) is 5.41 Å². The molecule has 1 aromatic rings. The molecule has 2 aliphatic carbocycles. The Labute approximate surface area is 120 Å². The summed E-state index contributed by atoms with van der Waals surface area (Å²) in [5, 5.41) is 12.1. The van der Waals surface area contributed by atoms with E-state index in [2.05, 4.69) is 17.4 Å². The number of amides is 1. The summed E-state index contributed by atoms with van der Waals surface area (Å²) in [5.74, 6) is 0.0302. The largest absolute Gasteiger partial charge is 0.396 e. The number of aryl methyl sites for hydroxylation is 2. The van der Waals surface area contributed by atoms with Gasteiger partial charge in [0.2, 0.25) is 0 Å². The molecule has 0 bridgehead atoms. The van der Waals surface area contributed by atoms with E-state index in [1.165, 1.54) is 24.0 Å². The maximum atomic E-state index is 12.2. The van der Waals surface area contributed by atoms with Crippen LogP contribution in [-0.2, 0) is 12.8 Å². The molecule has 1 amide bonds. The zero-order chi connectivity index (χ0) is 14.0. The zero-order valence-electron chi connectivity index (χ0n) is 12.0. The number of hydrogen-bond donors (Lipinski definition) is 2. The van der Waals surface area contributed by atoms with Crippen LogP contribution in [0.25, 0.3) is 0 Å². The van der Waals surface area contributed by atoms with Crippen LogP contribution in [0.4, 0.5) is 0 Å². The first-order chi connectivity index (χ1) is 9.72. The van der Waals surface area contributed by atoms with Gasteiger partial charge >= 0.3 is 0 Å². The third kappa shape index (κ3) is 2.88. The van der Waals surface area contributed by atoms with Crippen molar-refractivity contribution in [2.75, 3.05) is 13.2 Å². The number of nitrogens with one attached hydrogen (secondary N) is 1. The SMILES string of the molecule is O=C(NCC1(CCO)CC1)c1ccc2c(c1)CCCC2. The van der Waals surface area contributed by atoms with Crippen LogP contribution in [0.2, 0.25) is 0 Å². The lowest BCUT2D eigenvalue weighted by molar-refractivity contribution is 0.0940. The molecule has 1 aromatic carbocycles. The standard InChI is InChI=1S/C17H23NO2/c19-10-9-17(7-8-17)12-18-16(20)15-6-5-13-3-1-2-4-14(13)11-15/h5-6,11,19H,1-4,7-10,12H2,(H,18,20). The molecule has 2 aliphatic rings. The first-order valence-corrected chi connectivity index (χ1v) is 7.73. The minimum atomic E-state index is 0.0302. The topological polar surface area (TPSA) is 49.3 Å². The van der Waals surface area contributed by atoms with E-state index in [0.29, 0.717) is 6.54 Å². The molecule has 0 unspecified atom stereocenters. The second kappa shape index (κ2) is 5.57. The summed E-state index contributed by atoms with van der Waals surface area (Å²) in [6.45, 7) is 0.915. The lowest BCUT2D eigenvalue weighted by Gasteiger charge is -2.17. The highest BCUT2D eigenvalue weighted by Gasteiger charge is 2.41. The number of benzene rings is 1. The highest BCUT2D eigenvalue weighted by atomic mass is 16.3. The zero-order valence-corrected chi connectivity index (χ0v) is 12.0. The summed E-state index contributed by atoms with van der Waals surface area (Å²) in [6.07, 6.45) is 7.80. The lowest BCUT2D eigenvalue weighted by Crippen LogP contribution is -2.30. The average molecular weight is 273 g/mol. The fourth-order valence-corrected chi connectivity index (χ4v) is 3.17. The van der Waals surface area contributed by atoms with Crippen LogP contribution in [0.5, 0.6) is 0 Å². The fourth-order valence-electron chi connectivity index (χ4n) is 3.17. The molecule has 2 N–H and O–H groups in total. The van der Waals surface area contributed by atoms with E-state index < -0.39 is 0 Å². The third-order valence-electron chi connectivity index (χ3n) is 4.83. The van der Waals surface area contributed by atoms with Crippen molar-refractivity contribution in [1.82, 2.24) is 5.32 Å². The van der Waals surface area contributed by atoms with Crippen molar-refractivity contribution >= 4 is 5.91 Å². The smallest absolute Gasteiger partial charge is 0.251 e. The van der Waals surface area contributed by atoms with Gasteiger partial charge in [-0.05, 0) is 73.6 Å². The lowest BCUT2D eigenvalue weighted by atomic mass is 9.90. The van der Waals surface area contributed by atoms with E-state index in [-0.39, 0.29) is 17.9 Å². The summed E-state index contributed by atoms with van der Waals surface area (Å²) < 4.78 is 0. The van der Waals surface area contributed by atoms with Crippen molar-refractivity contribution in [3.05, 3.63) is 34.9 Å². The summed E-state index contributed by atoms with van der Waals surface area (Å²) >= 11 is 0. The van der Waals surface area contributed by atoms with Crippen LogP contribution in [0.15, 0.2) is 18.2 Å². The number of aliphatic hydroxyl groups is 1. The van der Waals surface area contributed by atoms with E-state index in [1.807, 2.05) is 6.07 Å². The molecule has 0 aliphatic heterocycles. The summed E-state index contributed by atoms with van der Waals surface area (Å²) in [6, 6.07) is 6.13. The maximum Gasteiger partial charge on any atom is 0.251 e. The van der Waals surface area contributed by atoms with Crippen molar-refractivity contribution in [3.8, 4) is 0 Å². The molecule has 3 heteroatoms. The van der Waals surface area contributed by atoms with Crippen molar-refractivity contribution < 1.29 is 9.90 Å². The Morgan fingerprint density at radius 2 is 1.95 bits per heavy atom. The molecule has 0 aromatic heterocycles. The van der Waals surface area contributed by atoms with E-state index >= 15 is 0 Å². The van der Waals surface area contributed by atoms with Gasteiger partial charge in [-0.1, -0.05) is 6.07 Å². The Morgan fingerprint density at radius 1 is 1.20 bits per heavy atom. The van der Waals surface area contributed by atoms with Crippen LogP contribution in [-0.4, -0.2) is 24.2 Å². The molecular formula is C17H23NO2. The monoisotopic (exact) mass is 273 g/mol. The van der Waals surface area contributed by atoms with Gasteiger partial charge in [0.05, 0.1) is 0 Å². The number of aliphatic hydroxyl groups excluding tert-OH is 1. The van der Waals surface area contributed by atoms with Gasteiger partial charge in [-0.2, -0.15) is 0 Å². The normalized spacial score (nSPS) is 19.2. The minimum Gasteiger partial charge on any atom is -0.396 e. The van der Waals surface area contributed by atoms with Gasteiger partial charge in [-0.15, -0.1) is 0 Å². The molecule has 0 heterocycles. The minimum absolute atomic E-state index is 0.0302. The third-order valence-corrected chi connectivity index (χ3v) is 4.83. The molecule has 0 saturated heterocycles. The van der Waals surface area contributed by atoms with Crippen LogP contribution >= 0.6 is 0 Å². The van der Waals surface area contributed by atoms with Crippen molar-refractivity contribution in [3.63, 3.8) is 0 Å².